The molecule has 11 heteroatoms. The number of alkyl halides is 1. The molecule has 1 atom stereocenters. The van der Waals surface area contributed by atoms with Crippen molar-refractivity contribution < 1.29 is 12.8 Å². The highest BCUT2D eigenvalue weighted by Gasteiger charge is 2.54. The lowest BCUT2D eigenvalue weighted by atomic mass is 9.77. The van der Waals surface area contributed by atoms with Crippen molar-refractivity contribution in [2.75, 3.05) is 62.8 Å². The highest BCUT2D eigenvalue weighted by atomic mass is 32.2. The number of nitrogens with zero attached hydrogens (tertiary/aromatic N) is 6. The lowest BCUT2D eigenvalue weighted by Gasteiger charge is -2.49. The van der Waals surface area contributed by atoms with Gasteiger partial charge >= 0.3 is 0 Å². The lowest BCUT2D eigenvalue weighted by Crippen LogP contribution is -2.61. The van der Waals surface area contributed by atoms with E-state index >= 15 is 0 Å². The van der Waals surface area contributed by atoms with E-state index in [1.807, 2.05) is 20.0 Å². The molecule has 2 aromatic rings. The van der Waals surface area contributed by atoms with E-state index in [0.29, 0.717) is 51.5 Å². The summed E-state index contributed by atoms with van der Waals surface area (Å²) in [6.45, 7) is 5.46. The zero-order valence-electron chi connectivity index (χ0n) is 18.8. The normalized spacial score (nSPS) is 24.9. The van der Waals surface area contributed by atoms with Crippen LogP contribution in [-0.2, 0) is 10.0 Å². The molecule has 3 fully saturated rings. The second kappa shape index (κ2) is 7.74. The Morgan fingerprint density at radius 3 is 2.53 bits per heavy atom. The molecule has 32 heavy (non-hydrogen) atoms. The van der Waals surface area contributed by atoms with Gasteiger partial charge in [-0.25, -0.2) is 32.1 Å². The molecule has 0 aliphatic carbocycles. The maximum absolute atomic E-state index is 14.6. The number of sulfonamides is 1. The zero-order valence-corrected chi connectivity index (χ0v) is 19.6. The number of fused-ring (bicyclic) bond motifs is 1. The topological polar surface area (TPSA) is 94.6 Å². The van der Waals surface area contributed by atoms with E-state index in [2.05, 4.69) is 20.1 Å². The Bertz CT molecular complexity index is 1130. The minimum Gasteiger partial charge on any atom is -0.353 e. The quantitative estimate of drug-likeness (QED) is 0.724. The molecule has 3 aliphatic rings. The summed E-state index contributed by atoms with van der Waals surface area (Å²) in [6.07, 6.45) is 3.63. The molecular weight excluding hydrogens is 433 g/mol. The van der Waals surface area contributed by atoms with Crippen molar-refractivity contribution in [1.82, 2.24) is 24.2 Å². The van der Waals surface area contributed by atoms with Crippen LogP contribution in [0.25, 0.3) is 10.9 Å². The number of likely N-dealkylation sites (tertiary alicyclic amines) is 1. The van der Waals surface area contributed by atoms with Gasteiger partial charge in [0.15, 0.2) is 5.82 Å². The second-order valence-corrected chi connectivity index (χ2v) is 11.7. The van der Waals surface area contributed by atoms with Crippen molar-refractivity contribution in [3.8, 4) is 0 Å². The molecule has 0 bridgehead atoms. The van der Waals surface area contributed by atoms with Crippen molar-refractivity contribution in [3.63, 3.8) is 0 Å². The Morgan fingerprint density at radius 1 is 1.19 bits per heavy atom. The number of anilines is 2. The highest BCUT2D eigenvalue weighted by molar-refractivity contribution is 7.88. The van der Waals surface area contributed by atoms with E-state index in [1.165, 1.54) is 10.6 Å². The average molecular weight is 464 g/mol. The van der Waals surface area contributed by atoms with Crippen molar-refractivity contribution in [1.29, 1.82) is 0 Å². The molecule has 0 unspecified atom stereocenters. The van der Waals surface area contributed by atoms with Gasteiger partial charge in [0.1, 0.15) is 11.7 Å². The number of hydrogen-bond acceptors (Lipinski definition) is 8. The van der Waals surface area contributed by atoms with Crippen LogP contribution < -0.4 is 10.2 Å². The summed E-state index contributed by atoms with van der Waals surface area (Å²) in [5.41, 5.74) is 1.33. The highest BCUT2D eigenvalue weighted by Crippen LogP contribution is 2.44. The molecule has 0 amide bonds. The molecule has 5 heterocycles. The predicted octanol–water partition coefficient (Wildman–Crippen LogP) is 1.26. The van der Waals surface area contributed by atoms with Gasteiger partial charge in [0.2, 0.25) is 16.0 Å². The number of halogens is 1. The number of rotatable bonds is 4. The molecule has 5 rings (SSSR count). The molecule has 0 saturated carbocycles. The Balaban J connectivity index is 1.35. The third-order valence-electron chi connectivity index (χ3n) is 6.96. The van der Waals surface area contributed by atoms with Crippen molar-refractivity contribution in [2.24, 2.45) is 5.41 Å². The summed E-state index contributed by atoms with van der Waals surface area (Å²) in [5, 5.41) is 4.28. The molecule has 1 N–H and O–H groups in total. The SMILES string of the molecule is Cc1cc2cnc(NC3CCN(S(C)(=O)=O)CC3)nc2c(N2CC3(CN(C)C[C@@H]3F)C2)n1. The van der Waals surface area contributed by atoms with Crippen LogP contribution in [0.3, 0.4) is 0 Å². The van der Waals surface area contributed by atoms with Crippen LogP contribution >= 0.6 is 0 Å². The zero-order chi connectivity index (χ0) is 22.7. The third kappa shape index (κ3) is 3.90. The predicted molar refractivity (Wildman–Crippen MR) is 122 cm³/mol. The van der Waals surface area contributed by atoms with Gasteiger partial charge in [-0.05, 0) is 32.9 Å². The first-order valence-electron chi connectivity index (χ1n) is 11.1. The van der Waals surface area contributed by atoms with Gasteiger partial charge in [-0.2, -0.15) is 0 Å². The fraction of sp³-hybridized carbons (Fsp3) is 0.667. The first kappa shape index (κ1) is 21.7. The second-order valence-electron chi connectivity index (χ2n) is 9.68. The smallest absolute Gasteiger partial charge is 0.223 e. The van der Waals surface area contributed by atoms with Crippen LogP contribution in [0.2, 0.25) is 0 Å². The van der Waals surface area contributed by atoms with Gasteiger partial charge in [0.25, 0.3) is 0 Å². The maximum Gasteiger partial charge on any atom is 0.223 e. The Labute approximate surface area is 188 Å². The Hall–Kier alpha value is -2.11. The molecule has 3 saturated heterocycles. The standard InChI is InChI=1S/C21H30FN7O2S/c1-14-8-15-9-23-20(25-16-4-6-29(7-5-16)32(3,30)31)26-18(15)19(24-14)28-12-21(13-28)11-27(2)10-17(21)22/h8-9,16-17H,4-7,10-13H2,1-3H3,(H,23,25,26)/t17-/m0/s1. The lowest BCUT2D eigenvalue weighted by molar-refractivity contribution is 0.119. The number of piperidine rings is 1. The number of pyridine rings is 1. The summed E-state index contributed by atoms with van der Waals surface area (Å²) < 4.78 is 39.6. The molecule has 3 aliphatic heterocycles. The summed E-state index contributed by atoms with van der Waals surface area (Å²) in [5.74, 6) is 1.30. The van der Waals surface area contributed by atoms with Crippen molar-refractivity contribution >= 4 is 32.7 Å². The summed E-state index contributed by atoms with van der Waals surface area (Å²) in [4.78, 5) is 18.2. The monoisotopic (exact) mass is 463 g/mol. The van der Waals surface area contributed by atoms with Gasteiger partial charge in [0.05, 0.1) is 11.7 Å². The minimum atomic E-state index is -3.15. The van der Waals surface area contributed by atoms with Crippen LogP contribution in [0.4, 0.5) is 16.2 Å². The van der Waals surface area contributed by atoms with E-state index < -0.39 is 16.2 Å². The maximum atomic E-state index is 14.6. The van der Waals surface area contributed by atoms with Crippen molar-refractivity contribution in [3.05, 3.63) is 18.0 Å². The van der Waals surface area contributed by atoms with Crippen molar-refractivity contribution in [2.45, 2.75) is 32.0 Å². The Kier molecular flexibility index (Phi) is 5.25. The van der Waals surface area contributed by atoms with Gasteiger partial charge in [0, 0.05) is 62.6 Å². The largest absolute Gasteiger partial charge is 0.353 e. The van der Waals surface area contributed by atoms with Crippen LogP contribution in [-0.4, -0.2) is 97.4 Å². The number of aromatic nitrogens is 3. The first-order chi connectivity index (χ1) is 15.1. The molecule has 9 nitrogen and oxygen atoms in total. The number of hydrogen-bond donors (Lipinski definition) is 1. The van der Waals surface area contributed by atoms with Crippen LogP contribution in [0.15, 0.2) is 12.3 Å². The summed E-state index contributed by atoms with van der Waals surface area (Å²) >= 11 is 0. The van der Waals surface area contributed by atoms with Gasteiger partial charge < -0.3 is 15.1 Å². The molecular formula is C21H30FN7O2S. The van der Waals surface area contributed by atoms with Gasteiger partial charge in [-0.1, -0.05) is 0 Å². The third-order valence-corrected chi connectivity index (χ3v) is 8.27. The molecule has 174 valence electrons. The molecule has 1 spiro atoms. The minimum absolute atomic E-state index is 0.112. The fourth-order valence-electron chi connectivity index (χ4n) is 5.29. The summed E-state index contributed by atoms with van der Waals surface area (Å²) in [7, 11) is -1.18. The molecule has 2 aromatic heterocycles. The van der Waals surface area contributed by atoms with Crippen LogP contribution in [0, 0.1) is 12.3 Å². The van der Waals surface area contributed by atoms with Crippen LogP contribution in [0.5, 0.6) is 0 Å². The van der Waals surface area contributed by atoms with E-state index in [4.69, 9.17) is 9.97 Å². The van der Waals surface area contributed by atoms with Gasteiger partial charge in [-0.3, -0.25) is 0 Å². The van der Waals surface area contributed by atoms with E-state index in [9.17, 15) is 12.8 Å². The average Bonchev–Trinajstić information content (AvgIpc) is 3.00. The first-order valence-corrected chi connectivity index (χ1v) is 12.9. The summed E-state index contributed by atoms with van der Waals surface area (Å²) in [6, 6.07) is 2.07. The van der Waals surface area contributed by atoms with E-state index in [1.54, 1.807) is 6.20 Å². The number of nitrogens with one attached hydrogen (secondary N) is 1. The number of aryl methyl sites for hydroxylation is 1. The Morgan fingerprint density at radius 2 is 1.91 bits per heavy atom. The van der Waals surface area contributed by atoms with E-state index in [0.717, 1.165) is 29.0 Å². The van der Waals surface area contributed by atoms with Crippen LogP contribution in [0.1, 0.15) is 18.5 Å². The van der Waals surface area contributed by atoms with Gasteiger partial charge in [-0.15, -0.1) is 0 Å². The fourth-order valence-corrected chi connectivity index (χ4v) is 6.16. The van der Waals surface area contributed by atoms with E-state index in [-0.39, 0.29) is 11.5 Å². The molecule has 0 radical (unpaired) electrons. The molecule has 0 aromatic carbocycles.